The van der Waals surface area contributed by atoms with Gasteiger partial charge in [-0.1, -0.05) is 26.0 Å². The highest BCUT2D eigenvalue weighted by Crippen LogP contribution is 2.13. The van der Waals surface area contributed by atoms with E-state index >= 15 is 0 Å². The Morgan fingerprint density at radius 1 is 1.15 bits per heavy atom. The molecule has 1 amide bonds. The zero-order valence-electron chi connectivity index (χ0n) is 12.3. The standard InChI is InChI=1S/C14H14N2O2.C2H6/c1-10-6-7-14(18)16(9-10)13-5-3-4-12(8-13)15-11(2)17;1-2/h3-9H,1-2H3,(H,15,17);1-2H3. The third kappa shape index (κ3) is 4.09. The number of rotatable bonds is 2. The van der Waals surface area contributed by atoms with Crippen molar-refractivity contribution in [3.63, 3.8) is 0 Å². The molecule has 0 aliphatic heterocycles. The van der Waals surface area contributed by atoms with Gasteiger partial charge < -0.3 is 5.32 Å². The number of aryl methyl sites for hydroxylation is 1. The van der Waals surface area contributed by atoms with Crippen LogP contribution in [0.3, 0.4) is 0 Å². The van der Waals surface area contributed by atoms with E-state index in [1.165, 1.54) is 13.0 Å². The average molecular weight is 272 g/mol. The number of aromatic nitrogens is 1. The fourth-order valence-electron chi connectivity index (χ4n) is 1.73. The van der Waals surface area contributed by atoms with Gasteiger partial charge in [-0.05, 0) is 30.7 Å². The highest BCUT2D eigenvalue weighted by Gasteiger charge is 2.02. The summed E-state index contributed by atoms with van der Waals surface area (Å²) in [6.07, 6.45) is 1.77. The first-order chi connectivity index (χ1) is 9.56. The summed E-state index contributed by atoms with van der Waals surface area (Å²) in [4.78, 5) is 22.8. The Morgan fingerprint density at radius 3 is 2.50 bits per heavy atom. The van der Waals surface area contributed by atoms with Gasteiger partial charge in [0.1, 0.15) is 0 Å². The lowest BCUT2D eigenvalue weighted by atomic mass is 10.2. The van der Waals surface area contributed by atoms with Gasteiger partial charge in [0.2, 0.25) is 5.91 Å². The summed E-state index contributed by atoms with van der Waals surface area (Å²) in [5, 5.41) is 2.69. The number of amides is 1. The van der Waals surface area contributed by atoms with Gasteiger partial charge in [0, 0.05) is 24.9 Å². The van der Waals surface area contributed by atoms with Crippen LogP contribution >= 0.6 is 0 Å². The zero-order chi connectivity index (χ0) is 15.1. The molecule has 2 aromatic rings. The monoisotopic (exact) mass is 272 g/mol. The van der Waals surface area contributed by atoms with E-state index in [1.807, 2.05) is 26.8 Å². The van der Waals surface area contributed by atoms with E-state index in [-0.39, 0.29) is 11.5 Å². The molecule has 4 nitrogen and oxygen atoms in total. The summed E-state index contributed by atoms with van der Waals surface area (Å²) in [6.45, 7) is 7.37. The van der Waals surface area contributed by atoms with Crippen LogP contribution in [-0.2, 0) is 4.79 Å². The minimum absolute atomic E-state index is 0.0967. The van der Waals surface area contributed by atoms with Crippen LogP contribution in [0, 0.1) is 6.92 Å². The molecule has 0 spiro atoms. The number of carbonyl (C=O) groups excluding carboxylic acids is 1. The molecule has 0 radical (unpaired) electrons. The third-order valence-corrected chi connectivity index (χ3v) is 2.50. The van der Waals surface area contributed by atoms with Crippen LogP contribution in [0.15, 0.2) is 47.4 Å². The summed E-state index contributed by atoms with van der Waals surface area (Å²) in [6, 6.07) is 10.5. The lowest BCUT2D eigenvalue weighted by molar-refractivity contribution is -0.114. The van der Waals surface area contributed by atoms with E-state index in [0.29, 0.717) is 5.69 Å². The summed E-state index contributed by atoms with van der Waals surface area (Å²) in [7, 11) is 0. The van der Waals surface area contributed by atoms with E-state index in [9.17, 15) is 9.59 Å². The zero-order valence-corrected chi connectivity index (χ0v) is 12.3. The lowest BCUT2D eigenvalue weighted by Crippen LogP contribution is -2.16. The number of carbonyl (C=O) groups is 1. The molecule has 0 aliphatic carbocycles. The predicted octanol–water partition coefficient (Wildman–Crippen LogP) is 3.13. The summed E-state index contributed by atoms with van der Waals surface area (Å²) >= 11 is 0. The van der Waals surface area contributed by atoms with Crippen LogP contribution in [0.1, 0.15) is 26.3 Å². The molecule has 0 aliphatic rings. The molecule has 106 valence electrons. The fourth-order valence-corrected chi connectivity index (χ4v) is 1.73. The molecule has 0 bridgehead atoms. The number of anilines is 1. The molecular weight excluding hydrogens is 252 g/mol. The number of benzene rings is 1. The van der Waals surface area contributed by atoms with Crippen LogP contribution in [0.25, 0.3) is 5.69 Å². The van der Waals surface area contributed by atoms with Crippen molar-refractivity contribution in [2.75, 3.05) is 5.32 Å². The van der Waals surface area contributed by atoms with Gasteiger partial charge in [0.05, 0.1) is 5.69 Å². The highest BCUT2D eigenvalue weighted by molar-refractivity contribution is 5.88. The molecule has 0 unspecified atom stereocenters. The smallest absolute Gasteiger partial charge is 0.255 e. The number of hydrogen-bond donors (Lipinski definition) is 1. The van der Waals surface area contributed by atoms with Crippen molar-refractivity contribution in [2.45, 2.75) is 27.7 Å². The normalized spacial score (nSPS) is 9.40. The van der Waals surface area contributed by atoms with Crippen molar-refractivity contribution in [1.82, 2.24) is 4.57 Å². The first-order valence-electron chi connectivity index (χ1n) is 6.63. The van der Waals surface area contributed by atoms with Gasteiger partial charge >= 0.3 is 0 Å². The van der Waals surface area contributed by atoms with E-state index in [0.717, 1.165) is 11.3 Å². The van der Waals surface area contributed by atoms with Gasteiger partial charge in [0.15, 0.2) is 0 Å². The molecule has 4 heteroatoms. The molecule has 0 atom stereocenters. The Labute approximate surface area is 119 Å². The number of nitrogens with zero attached hydrogens (tertiary/aromatic N) is 1. The summed E-state index contributed by atoms with van der Waals surface area (Å²) < 4.78 is 1.56. The lowest BCUT2D eigenvalue weighted by Gasteiger charge is -2.08. The molecular formula is C16H20N2O2. The van der Waals surface area contributed by atoms with Crippen LogP contribution in [0.5, 0.6) is 0 Å². The minimum Gasteiger partial charge on any atom is -0.326 e. The summed E-state index contributed by atoms with van der Waals surface area (Å²) in [5.41, 5.74) is 2.31. The molecule has 1 heterocycles. The van der Waals surface area contributed by atoms with Gasteiger partial charge in [-0.2, -0.15) is 0 Å². The largest absolute Gasteiger partial charge is 0.326 e. The van der Waals surface area contributed by atoms with Crippen molar-refractivity contribution < 1.29 is 4.79 Å². The van der Waals surface area contributed by atoms with E-state index in [1.54, 1.807) is 35.0 Å². The van der Waals surface area contributed by atoms with Crippen molar-refractivity contribution in [3.8, 4) is 5.69 Å². The Hall–Kier alpha value is -2.36. The maximum absolute atomic E-state index is 11.8. The second-order valence-electron chi connectivity index (χ2n) is 4.15. The topological polar surface area (TPSA) is 51.1 Å². The summed E-state index contributed by atoms with van der Waals surface area (Å²) in [5.74, 6) is -0.135. The van der Waals surface area contributed by atoms with Gasteiger partial charge in [0.25, 0.3) is 5.56 Å². The van der Waals surface area contributed by atoms with Crippen LogP contribution in [0.2, 0.25) is 0 Å². The molecule has 1 N–H and O–H groups in total. The second kappa shape index (κ2) is 7.28. The number of hydrogen-bond acceptors (Lipinski definition) is 2. The van der Waals surface area contributed by atoms with Crippen molar-refractivity contribution >= 4 is 11.6 Å². The van der Waals surface area contributed by atoms with E-state index < -0.39 is 0 Å². The van der Waals surface area contributed by atoms with Crippen LogP contribution < -0.4 is 10.9 Å². The van der Waals surface area contributed by atoms with Crippen LogP contribution in [0.4, 0.5) is 5.69 Å². The fraction of sp³-hybridized carbons (Fsp3) is 0.250. The molecule has 0 saturated heterocycles. The molecule has 2 rings (SSSR count). The van der Waals surface area contributed by atoms with Crippen molar-refractivity contribution in [3.05, 3.63) is 58.5 Å². The van der Waals surface area contributed by atoms with Gasteiger partial charge in [-0.25, -0.2) is 0 Å². The van der Waals surface area contributed by atoms with Crippen molar-refractivity contribution in [2.24, 2.45) is 0 Å². The third-order valence-electron chi connectivity index (χ3n) is 2.50. The van der Waals surface area contributed by atoms with E-state index in [4.69, 9.17) is 0 Å². The molecule has 20 heavy (non-hydrogen) atoms. The quantitative estimate of drug-likeness (QED) is 0.913. The second-order valence-corrected chi connectivity index (χ2v) is 4.15. The van der Waals surface area contributed by atoms with Crippen LogP contribution in [-0.4, -0.2) is 10.5 Å². The van der Waals surface area contributed by atoms with Crippen molar-refractivity contribution in [1.29, 1.82) is 0 Å². The Kier molecular flexibility index (Phi) is 5.72. The SMILES string of the molecule is CC.CC(=O)Nc1cccc(-n2cc(C)ccc2=O)c1. The molecule has 1 aromatic carbocycles. The Morgan fingerprint density at radius 2 is 1.85 bits per heavy atom. The Bertz CT molecular complexity index is 645. The minimum atomic E-state index is -0.135. The number of pyridine rings is 1. The van der Waals surface area contributed by atoms with Gasteiger partial charge in [-0.15, -0.1) is 0 Å². The maximum atomic E-state index is 11.8. The van der Waals surface area contributed by atoms with E-state index in [2.05, 4.69) is 5.32 Å². The highest BCUT2D eigenvalue weighted by atomic mass is 16.1. The average Bonchev–Trinajstić information content (AvgIpc) is 2.43. The Balaban J connectivity index is 0.000000956. The van der Waals surface area contributed by atoms with Gasteiger partial charge in [-0.3, -0.25) is 14.2 Å². The number of nitrogens with one attached hydrogen (secondary N) is 1. The first kappa shape index (κ1) is 15.7. The predicted molar refractivity (Wildman–Crippen MR) is 82.4 cm³/mol. The maximum Gasteiger partial charge on any atom is 0.255 e. The molecule has 0 saturated carbocycles. The molecule has 1 aromatic heterocycles. The molecule has 0 fully saturated rings. The first-order valence-corrected chi connectivity index (χ1v) is 6.63.